The van der Waals surface area contributed by atoms with Crippen molar-refractivity contribution in [2.75, 3.05) is 7.05 Å². The highest BCUT2D eigenvalue weighted by molar-refractivity contribution is 5.77. The summed E-state index contributed by atoms with van der Waals surface area (Å²) in [6.07, 6.45) is 1.16. The number of aromatic nitrogens is 2. The number of aliphatic hydroxyl groups is 1. The van der Waals surface area contributed by atoms with E-state index in [0.717, 1.165) is 18.4 Å². The summed E-state index contributed by atoms with van der Waals surface area (Å²) in [7, 11) is 3.65. The maximum atomic E-state index is 12.6. The van der Waals surface area contributed by atoms with Crippen LogP contribution < -0.4 is 11.0 Å². The zero-order chi connectivity index (χ0) is 20.1. The van der Waals surface area contributed by atoms with Gasteiger partial charge in [-0.15, -0.1) is 0 Å². The number of benzene rings is 2. The van der Waals surface area contributed by atoms with Crippen molar-refractivity contribution in [2.45, 2.75) is 38.5 Å². The first kappa shape index (κ1) is 20.2. The Bertz CT molecular complexity index is 971. The van der Waals surface area contributed by atoms with E-state index < -0.39 is 6.10 Å². The number of hydrogen-bond donors (Lipinski definition) is 2. The smallest absolute Gasteiger partial charge is 0.261 e. The van der Waals surface area contributed by atoms with Crippen LogP contribution in [0.2, 0.25) is 0 Å². The lowest BCUT2D eigenvalue weighted by Crippen LogP contribution is -2.45. The second kappa shape index (κ2) is 9.10. The average molecular weight is 380 g/mol. The van der Waals surface area contributed by atoms with Crippen LogP contribution in [0, 0.1) is 0 Å². The summed E-state index contributed by atoms with van der Waals surface area (Å²) in [5.41, 5.74) is 4.92. The maximum absolute atomic E-state index is 12.6. The quantitative estimate of drug-likeness (QED) is 0.588. The van der Waals surface area contributed by atoms with E-state index in [-0.39, 0.29) is 11.6 Å². The minimum atomic E-state index is -0.614. The van der Waals surface area contributed by atoms with Gasteiger partial charge in [0.25, 0.3) is 5.56 Å². The van der Waals surface area contributed by atoms with Crippen molar-refractivity contribution in [3.05, 3.63) is 76.3 Å². The molecular weight excluding hydrogens is 352 g/mol. The van der Waals surface area contributed by atoms with E-state index in [1.807, 2.05) is 60.6 Å². The molecule has 0 amide bonds. The fourth-order valence-corrected chi connectivity index (χ4v) is 3.43. The molecule has 2 atom stereocenters. The molecule has 28 heavy (non-hydrogen) atoms. The topological polar surface area (TPSA) is 70.4 Å². The van der Waals surface area contributed by atoms with Crippen LogP contribution in [0.4, 0.5) is 0 Å². The third-order valence-electron chi connectivity index (χ3n) is 4.96. The minimum absolute atomic E-state index is 0.0524. The molecule has 2 aromatic carbocycles. The standard InChI is InChI=1S/C22H28N4O2/c1-4-10-19(21(27)16-11-6-5-7-12-16)24-25(2)15-20-23-18-14-9-8-13-17(18)22(28)26(20)3/h5-9,11-14,19,21,24,27H,4,10,15H2,1-3H3/t19-,21-/m1/s1. The molecule has 0 unspecified atom stereocenters. The molecule has 6 heteroatoms. The average Bonchev–Trinajstić information content (AvgIpc) is 2.71. The molecule has 6 nitrogen and oxygen atoms in total. The molecule has 148 valence electrons. The Labute approximate surface area is 165 Å². The molecule has 0 saturated heterocycles. The molecule has 0 fully saturated rings. The Morgan fingerprint density at radius 1 is 1.14 bits per heavy atom. The number of para-hydroxylation sites is 1. The van der Waals surface area contributed by atoms with Crippen LogP contribution in [0.1, 0.15) is 37.3 Å². The van der Waals surface area contributed by atoms with Gasteiger partial charge in [0.15, 0.2) is 0 Å². The summed E-state index contributed by atoms with van der Waals surface area (Å²) >= 11 is 0. The second-order valence-corrected chi connectivity index (χ2v) is 7.15. The van der Waals surface area contributed by atoms with Crippen molar-refractivity contribution in [3.63, 3.8) is 0 Å². The zero-order valence-electron chi connectivity index (χ0n) is 16.7. The van der Waals surface area contributed by atoms with E-state index in [0.29, 0.717) is 23.3 Å². The van der Waals surface area contributed by atoms with Crippen LogP contribution in [-0.2, 0) is 13.6 Å². The van der Waals surface area contributed by atoms with Gasteiger partial charge in [0, 0.05) is 14.1 Å². The third-order valence-corrected chi connectivity index (χ3v) is 4.96. The number of hydrazine groups is 1. The molecule has 0 saturated carbocycles. The second-order valence-electron chi connectivity index (χ2n) is 7.15. The predicted octanol–water partition coefficient (Wildman–Crippen LogP) is 2.77. The van der Waals surface area contributed by atoms with Crippen molar-refractivity contribution in [1.82, 2.24) is 20.0 Å². The molecule has 0 radical (unpaired) electrons. The van der Waals surface area contributed by atoms with E-state index in [2.05, 4.69) is 17.3 Å². The normalized spacial score (nSPS) is 13.8. The van der Waals surface area contributed by atoms with Crippen molar-refractivity contribution in [2.24, 2.45) is 7.05 Å². The van der Waals surface area contributed by atoms with Crippen molar-refractivity contribution >= 4 is 10.9 Å². The first-order chi connectivity index (χ1) is 13.5. The van der Waals surface area contributed by atoms with E-state index in [9.17, 15) is 9.90 Å². The Morgan fingerprint density at radius 2 is 1.82 bits per heavy atom. The summed E-state index contributed by atoms with van der Waals surface area (Å²) in [6.45, 7) is 2.54. The van der Waals surface area contributed by atoms with Crippen LogP contribution in [0.5, 0.6) is 0 Å². The van der Waals surface area contributed by atoms with Gasteiger partial charge in [0.1, 0.15) is 5.82 Å². The SMILES string of the molecule is CCC[C@@H](NN(C)Cc1nc2ccccc2c(=O)n1C)[C@H](O)c1ccccc1. The third kappa shape index (κ3) is 4.47. The lowest BCUT2D eigenvalue weighted by molar-refractivity contribution is 0.0672. The Morgan fingerprint density at radius 3 is 2.54 bits per heavy atom. The molecule has 3 rings (SSSR count). The zero-order valence-corrected chi connectivity index (χ0v) is 16.7. The monoisotopic (exact) mass is 380 g/mol. The van der Waals surface area contributed by atoms with Gasteiger partial charge in [0.05, 0.1) is 29.6 Å². The molecule has 1 aromatic heterocycles. The molecule has 0 bridgehead atoms. The lowest BCUT2D eigenvalue weighted by atomic mass is 9.99. The predicted molar refractivity (Wildman–Crippen MR) is 112 cm³/mol. The summed E-state index contributed by atoms with van der Waals surface area (Å²) in [5, 5.41) is 13.3. The van der Waals surface area contributed by atoms with Gasteiger partial charge in [-0.25, -0.2) is 15.4 Å². The number of hydrogen-bond acceptors (Lipinski definition) is 5. The minimum Gasteiger partial charge on any atom is -0.387 e. The molecule has 2 N–H and O–H groups in total. The summed E-state index contributed by atoms with van der Waals surface area (Å²) in [4.78, 5) is 17.2. The van der Waals surface area contributed by atoms with Gasteiger partial charge in [-0.2, -0.15) is 0 Å². The largest absolute Gasteiger partial charge is 0.387 e. The van der Waals surface area contributed by atoms with Gasteiger partial charge < -0.3 is 5.11 Å². The van der Waals surface area contributed by atoms with Gasteiger partial charge in [-0.3, -0.25) is 9.36 Å². The van der Waals surface area contributed by atoms with Crippen LogP contribution in [-0.4, -0.2) is 32.8 Å². The Balaban J connectivity index is 1.78. The maximum Gasteiger partial charge on any atom is 0.261 e. The summed E-state index contributed by atoms with van der Waals surface area (Å²) < 4.78 is 1.59. The molecule has 0 aliphatic carbocycles. The van der Waals surface area contributed by atoms with Crippen LogP contribution in [0.25, 0.3) is 10.9 Å². The van der Waals surface area contributed by atoms with Crippen molar-refractivity contribution in [1.29, 1.82) is 0 Å². The number of nitrogens with zero attached hydrogens (tertiary/aromatic N) is 3. The Hall–Kier alpha value is -2.54. The van der Waals surface area contributed by atoms with Crippen molar-refractivity contribution in [3.8, 4) is 0 Å². The molecular formula is C22H28N4O2. The van der Waals surface area contributed by atoms with E-state index >= 15 is 0 Å². The molecule has 0 aliphatic rings. The molecule has 0 spiro atoms. The molecule has 3 aromatic rings. The number of aliphatic hydroxyl groups excluding tert-OH is 1. The fourth-order valence-electron chi connectivity index (χ4n) is 3.43. The van der Waals surface area contributed by atoms with Gasteiger partial charge >= 0.3 is 0 Å². The Kier molecular flexibility index (Phi) is 6.57. The van der Waals surface area contributed by atoms with Crippen LogP contribution in [0.3, 0.4) is 0 Å². The number of rotatable bonds is 8. The lowest BCUT2D eigenvalue weighted by Gasteiger charge is -2.29. The van der Waals surface area contributed by atoms with Gasteiger partial charge in [-0.1, -0.05) is 55.8 Å². The van der Waals surface area contributed by atoms with E-state index in [1.165, 1.54) is 0 Å². The summed E-state index contributed by atoms with van der Waals surface area (Å²) in [6, 6.07) is 16.9. The van der Waals surface area contributed by atoms with E-state index in [1.54, 1.807) is 17.7 Å². The highest BCUT2D eigenvalue weighted by Crippen LogP contribution is 2.20. The van der Waals surface area contributed by atoms with Crippen molar-refractivity contribution < 1.29 is 5.11 Å². The highest BCUT2D eigenvalue weighted by Gasteiger charge is 2.22. The van der Waals surface area contributed by atoms with Gasteiger partial charge in [-0.05, 0) is 24.1 Å². The first-order valence-electron chi connectivity index (χ1n) is 9.66. The number of nitrogens with one attached hydrogen (secondary N) is 1. The fraction of sp³-hybridized carbons (Fsp3) is 0.364. The van der Waals surface area contributed by atoms with Crippen LogP contribution in [0.15, 0.2) is 59.4 Å². The highest BCUT2D eigenvalue weighted by atomic mass is 16.3. The molecule has 1 heterocycles. The van der Waals surface area contributed by atoms with E-state index in [4.69, 9.17) is 0 Å². The summed E-state index contributed by atoms with van der Waals surface area (Å²) in [5.74, 6) is 0.670. The number of fused-ring (bicyclic) bond motifs is 1. The molecule has 0 aliphatic heterocycles. The van der Waals surface area contributed by atoms with Gasteiger partial charge in [0.2, 0.25) is 0 Å². The van der Waals surface area contributed by atoms with Crippen LogP contribution >= 0.6 is 0 Å². The first-order valence-corrected chi connectivity index (χ1v) is 9.66.